The van der Waals surface area contributed by atoms with E-state index in [1.165, 1.54) is 250 Å². The van der Waals surface area contributed by atoms with Crippen molar-refractivity contribution in [3.05, 3.63) is 12.2 Å². The van der Waals surface area contributed by atoms with Crippen molar-refractivity contribution in [3.8, 4) is 0 Å². The van der Waals surface area contributed by atoms with Crippen LogP contribution in [0.2, 0.25) is 0 Å². The van der Waals surface area contributed by atoms with Crippen LogP contribution in [0.1, 0.15) is 296 Å². The first-order valence-electron chi connectivity index (χ1n) is 25.9. The summed E-state index contributed by atoms with van der Waals surface area (Å²) < 4.78 is 0. The third-order valence-electron chi connectivity index (χ3n) is 12.3. The van der Waals surface area contributed by atoms with Gasteiger partial charge in [-0.1, -0.05) is 283 Å². The molecule has 0 aromatic carbocycles. The first kappa shape index (κ1) is 55.1. The van der Waals surface area contributed by atoms with Gasteiger partial charge >= 0.3 is 0 Å². The molecule has 0 heterocycles. The minimum atomic E-state index is -0.834. The van der Waals surface area contributed by atoms with Gasteiger partial charge < -0.3 is 15.5 Å². The Kier molecular flexibility index (Phi) is 47.7. The monoisotopic (exact) mass is 790 g/mol. The molecule has 0 aliphatic heterocycles. The van der Waals surface area contributed by atoms with Crippen molar-refractivity contribution in [2.24, 2.45) is 0 Å². The van der Waals surface area contributed by atoms with E-state index in [-0.39, 0.29) is 12.5 Å². The number of hydrogen-bond acceptors (Lipinski definition) is 3. The zero-order valence-electron chi connectivity index (χ0n) is 38.4. The van der Waals surface area contributed by atoms with Crippen LogP contribution < -0.4 is 5.32 Å². The van der Waals surface area contributed by atoms with Crippen LogP contribution in [-0.4, -0.2) is 34.9 Å². The molecule has 56 heavy (non-hydrogen) atoms. The van der Waals surface area contributed by atoms with Gasteiger partial charge in [-0.3, -0.25) is 4.79 Å². The molecule has 0 bridgehead atoms. The standard InChI is InChI=1S/C52H103NO3/c1-3-5-7-9-11-13-15-16-17-18-19-20-21-22-23-24-25-26-27-28-29-30-31-32-33-34-35-36-38-39-41-43-45-47-51(55)50(49-54)53-52(56)48-46-44-42-40-37-14-12-10-8-6-4-2/h45,47,50-51,54-55H,3-44,46,48-49H2,1-2H3,(H,53,56)/b47-45+. The van der Waals surface area contributed by atoms with Gasteiger partial charge in [0.05, 0.1) is 18.8 Å². The van der Waals surface area contributed by atoms with Crippen molar-refractivity contribution < 1.29 is 15.0 Å². The molecule has 0 spiro atoms. The number of hydrogen-bond donors (Lipinski definition) is 3. The summed E-state index contributed by atoms with van der Waals surface area (Å²) in [5, 5.41) is 23.0. The lowest BCUT2D eigenvalue weighted by Crippen LogP contribution is -2.45. The van der Waals surface area contributed by atoms with E-state index in [0.29, 0.717) is 6.42 Å². The zero-order valence-corrected chi connectivity index (χ0v) is 38.4. The topological polar surface area (TPSA) is 69.6 Å². The Morgan fingerprint density at radius 2 is 0.661 bits per heavy atom. The summed E-state index contributed by atoms with van der Waals surface area (Å²) in [4.78, 5) is 12.3. The second-order valence-corrected chi connectivity index (χ2v) is 18.0. The predicted octanol–water partition coefficient (Wildman–Crippen LogP) is 16.6. The van der Waals surface area contributed by atoms with Gasteiger partial charge in [-0.25, -0.2) is 0 Å². The van der Waals surface area contributed by atoms with Crippen molar-refractivity contribution in [3.63, 3.8) is 0 Å². The van der Waals surface area contributed by atoms with Crippen molar-refractivity contribution in [2.45, 2.75) is 309 Å². The van der Waals surface area contributed by atoms with Crippen LogP contribution in [-0.2, 0) is 4.79 Å². The first-order valence-corrected chi connectivity index (χ1v) is 25.9. The van der Waals surface area contributed by atoms with Crippen molar-refractivity contribution in [2.75, 3.05) is 6.61 Å². The van der Waals surface area contributed by atoms with Gasteiger partial charge in [-0.15, -0.1) is 0 Å². The normalized spacial score (nSPS) is 12.9. The smallest absolute Gasteiger partial charge is 0.220 e. The van der Waals surface area contributed by atoms with E-state index in [1.54, 1.807) is 6.08 Å². The van der Waals surface area contributed by atoms with Crippen LogP contribution in [0.4, 0.5) is 0 Å². The average Bonchev–Trinajstić information content (AvgIpc) is 3.20. The molecule has 334 valence electrons. The van der Waals surface area contributed by atoms with Crippen molar-refractivity contribution in [1.82, 2.24) is 5.32 Å². The average molecular weight is 790 g/mol. The molecule has 0 saturated heterocycles. The second-order valence-electron chi connectivity index (χ2n) is 18.0. The number of aliphatic hydroxyl groups is 2. The lowest BCUT2D eigenvalue weighted by Gasteiger charge is -2.20. The third-order valence-corrected chi connectivity index (χ3v) is 12.3. The van der Waals surface area contributed by atoms with Gasteiger partial charge in [0, 0.05) is 6.42 Å². The highest BCUT2D eigenvalue weighted by atomic mass is 16.3. The number of carbonyl (C=O) groups excluding carboxylic acids is 1. The van der Waals surface area contributed by atoms with Gasteiger partial charge in [0.25, 0.3) is 0 Å². The van der Waals surface area contributed by atoms with Gasteiger partial charge in [0.1, 0.15) is 0 Å². The molecular formula is C52H103NO3. The molecule has 0 fully saturated rings. The van der Waals surface area contributed by atoms with Crippen LogP contribution in [0.15, 0.2) is 12.2 Å². The van der Waals surface area contributed by atoms with E-state index in [0.717, 1.165) is 25.7 Å². The molecule has 2 unspecified atom stereocenters. The number of allylic oxidation sites excluding steroid dienone is 1. The Labute approximate surface area is 352 Å². The number of rotatable bonds is 48. The first-order chi connectivity index (χ1) is 27.7. The minimum Gasteiger partial charge on any atom is -0.394 e. The second kappa shape index (κ2) is 48.5. The van der Waals surface area contributed by atoms with Crippen molar-refractivity contribution in [1.29, 1.82) is 0 Å². The van der Waals surface area contributed by atoms with E-state index in [2.05, 4.69) is 19.2 Å². The molecule has 2 atom stereocenters. The van der Waals surface area contributed by atoms with Gasteiger partial charge in [0.2, 0.25) is 5.91 Å². The van der Waals surface area contributed by atoms with Crippen LogP contribution in [0.5, 0.6) is 0 Å². The summed E-state index contributed by atoms with van der Waals surface area (Å²) in [7, 11) is 0. The van der Waals surface area contributed by atoms with Crippen LogP contribution >= 0.6 is 0 Å². The maximum Gasteiger partial charge on any atom is 0.220 e. The summed E-state index contributed by atoms with van der Waals surface area (Å²) in [6.07, 6.45) is 62.3. The molecule has 0 radical (unpaired) electrons. The molecule has 1 amide bonds. The Hall–Kier alpha value is -0.870. The van der Waals surface area contributed by atoms with E-state index < -0.39 is 12.1 Å². The number of carbonyl (C=O) groups is 1. The number of unbranched alkanes of at least 4 members (excludes halogenated alkanes) is 41. The molecule has 4 heteroatoms. The van der Waals surface area contributed by atoms with Crippen LogP contribution in [0.3, 0.4) is 0 Å². The molecule has 0 aromatic rings. The number of amides is 1. The van der Waals surface area contributed by atoms with E-state index in [4.69, 9.17) is 0 Å². The lowest BCUT2D eigenvalue weighted by atomic mass is 10.0. The Balaban J connectivity index is 3.38. The summed E-state index contributed by atoms with van der Waals surface area (Å²) in [6.45, 7) is 4.32. The quantitative estimate of drug-likeness (QED) is 0.0425. The van der Waals surface area contributed by atoms with E-state index >= 15 is 0 Å². The maximum atomic E-state index is 12.3. The minimum absolute atomic E-state index is 0.0615. The fraction of sp³-hybridized carbons (Fsp3) is 0.942. The van der Waals surface area contributed by atoms with Gasteiger partial charge in [0.15, 0.2) is 0 Å². The summed E-state index contributed by atoms with van der Waals surface area (Å²) in [5.41, 5.74) is 0. The summed E-state index contributed by atoms with van der Waals surface area (Å²) in [6, 6.07) is -0.616. The van der Waals surface area contributed by atoms with Gasteiger partial charge in [-0.05, 0) is 19.3 Å². The number of nitrogens with one attached hydrogen (secondary N) is 1. The Bertz CT molecular complexity index is 769. The number of aliphatic hydroxyl groups excluding tert-OH is 2. The molecule has 0 aromatic heterocycles. The van der Waals surface area contributed by atoms with Gasteiger partial charge in [-0.2, -0.15) is 0 Å². The third kappa shape index (κ3) is 44.2. The van der Waals surface area contributed by atoms with E-state index in [9.17, 15) is 15.0 Å². The SMILES string of the molecule is CCCCCCCCCCCCCCCCCCCCCCCCCCCCCCCCC/C=C/C(O)C(CO)NC(=O)CCCCCCCCCCCCC. The van der Waals surface area contributed by atoms with Crippen LogP contribution in [0, 0.1) is 0 Å². The Morgan fingerprint density at radius 3 is 0.929 bits per heavy atom. The largest absolute Gasteiger partial charge is 0.394 e. The molecule has 0 saturated carbocycles. The molecule has 4 nitrogen and oxygen atoms in total. The maximum absolute atomic E-state index is 12.3. The fourth-order valence-electron chi connectivity index (χ4n) is 8.30. The fourth-order valence-corrected chi connectivity index (χ4v) is 8.30. The zero-order chi connectivity index (χ0) is 40.7. The predicted molar refractivity (Wildman–Crippen MR) is 249 cm³/mol. The highest BCUT2D eigenvalue weighted by Crippen LogP contribution is 2.17. The van der Waals surface area contributed by atoms with Crippen molar-refractivity contribution >= 4 is 5.91 Å². The molecule has 0 aliphatic rings. The summed E-state index contributed by atoms with van der Waals surface area (Å²) in [5.74, 6) is -0.0615. The lowest BCUT2D eigenvalue weighted by molar-refractivity contribution is -0.123. The molecule has 0 rings (SSSR count). The highest BCUT2D eigenvalue weighted by Gasteiger charge is 2.18. The Morgan fingerprint density at radius 1 is 0.411 bits per heavy atom. The highest BCUT2D eigenvalue weighted by molar-refractivity contribution is 5.76. The van der Waals surface area contributed by atoms with Crippen LogP contribution in [0.25, 0.3) is 0 Å². The van der Waals surface area contributed by atoms with E-state index in [1.807, 2.05) is 6.08 Å². The summed E-state index contributed by atoms with van der Waals surface area (Å²) >= 11 is 0. The molecule has 3 N–H and O–H groups in total. The molecule has 0 aliphatic carbocycles. The molecular weight excluding hydrogens is 687 g/mol.